The van der Waals surface area contributed by atoms with Crippen LogP contribution in [-0.2, 0) is 0 Å². The highest BCUT2D eigenvalue weighted by molar-refractivity contribution is 9.11. The molecule has 5 nitrogen and oxygen atoms in total. The van der Waals surface area contributed by atoms with Gasteiger partial charge in [-0.1, -0.05) is 0 Å². The first-order valence-electron chi connectivity index (χ1n) is 5.81. The Morgan fingerprint density at radius 1 is 1.10 bits per heavy atom. The minimum atomic E-state index is -0.493. The van der Waals surface area contributed by atoms with E-state index < -0.39 is 4.92 Å². The van der Waals surface area contributed by atoms with Crippen LogP contribution in [-0.4, -0.2) is 10.7 Å². The highest BCUT2D eigenvalue weighted by Gasteiger charge is 2.13. The van der Waals surface area contributed by atoms with Gasteiger partial charge in [0.25, 0.3) is 5.69 Å². The topological polar surface area (TPSA) is 69.4 Å². The fourth-order valence-electron chi connectivity index (χ4n) is 1.60. The molecular weight excluding hydrogens is 406 g/mol. The molecule has 0 N–H and O–H groups in total. The first-order chi connectivity index (χ1) is 9.88. The zero-order chi connectivity index (χ0) is 15.6. The van der Waals surface area contributed by atoms with Crippen molar-refractivity contribution in [2.45, 2.75) is 6.92 Å². The third-order valence-corrected chi connectivity index (χ3v) is 3.96. The summed E-state index contributed by atoms with van der Waals surface area (Å²) in [6, 6.07) is 9.16. The Kier molecular flexibility index (Phi) is 4.74. The van der Waals surface area contributed by atoms with Crippen molar-refractivity contribution in [3.8, 4) is 11.5 Å². The number of hydrogen-bond acceptors (Lipinski definition) is 4. The predicted octanol–water partition coefficient (Wildman–Crippen LogP) is 5.11. The van der Waals surface area contributed by atoms with Crippen LogP contribution in [0.15, 0.2) is 45.3 Å². The summed E-state index contributed by atoms with van der Waals surface area (Å²) in [7, 11) is 0. The molecule has 0 radical (unpaired) electrons. The average Bonchev–Trinajstić information content (AvgIpc) is 2.42. The van der Waals surface area contributed by atoms with Crippen LogP contribution in [0.5, 0.6) is 11.5 Å². The van der Waals surface area contributed by atoms with Crippen LogP contribution >= 0.6 is 31.9 Å². The summed E-state index contributed by atoms with van der Waals surface area (Å²) in [6.45, 7) is 1.47. The van der Waals surface area contributed by atoms with Gasteiger partial charge in [-0.25, -0.2) is 0 Å². The SMILES string of the molecule is CC(=O)c1ccc(Oc2cc([N+](=O)[O-])ccc2Br)c(Br)c1. The summed E-state index contributed by atoms with van der Waals surface area (Å²) in [5.41, 5.74) is 0.483. The highest BCUT2D eigenvalue weighted by Crippen LogP contribution is 2.36. The smallest absolute Gasteiger partial charge is 0.273 e. The number of nitro groups is 1. The van der Waals surface area contributed by atoms with E-state index in [-0.39, 0.29) is 11.5 Å². The number of benzene rings is 2. The van der Waals surface area contributed by atoms with Crippen molar-refractivity contribution in [1.29, 1.82) is 0 Å². The van der Waals surface area contributed by atoms with Crippen LogP contribution in [0.2, 0.25) is 0 Å². The number of carbonyl (C=O) groups excluding carboxylic acids is 1. The molecule has 108 valence electrons. The van der Waals surface area contributed by atoms with Gasteiger partial charge in [-0.05, 0) is 63.0 Å². The van der Waals surface area contributed by atoms with Crippen molar-refractivity contribution in [2.75, 3.05) is 0 Å². The van der Waals surface area contributed by atoms with Crippen molar-refractivity contribution in [3.05, 3.63) is 61.0 Å². The quantitative estimate of drug-likeness (QED) is 0.395. The van der Waals surface area contributed by atoms with Gasteiger partial charge in [0.2, 0.25) is 0 Å². The second-order valence-electron chi connectivity index (χ2n) is 4.18. The van der Waals surface area contributed by atoms with Gasteiger partial charge in [-0.15, -0.1) is 0 Å². The molecule has 0 saturated heterocycles. The predicted molar refractivity (Wildman–Crippen MR) is 85.0 cm³/mol. The molecule has 0 aliphatic carbocycles. The van der Waals surface area contributed by atoms with Gasteiger partial charge in [0.15, 0.2) is 5.78 Å². The molecule has 0 spiro atoms. The van der Waals surface area contributed by atoms with Gasteiger partial charge in [-0.3, -0.25) is 14.9 Å². The van der Waals surface area contributed by atoms with Crippen molar-refractivity contribution in [3.63, 3.8) is 0 Å². The van der Waals surface area contributed by atoms with E-state index in [9.17, 15) is 14.9 Å². The molecule has 2 rings (SSSR count). The largest absolute Gasteiger partial charge is 0.455 e. The minimum absolute atomic E-state index is 0.0567. The number of halogens is 2. The van der Waals surface area contributed by atoms with Crippen molar-refractivity contribution in [1.82, 2.24) is 0 Å². The Balaban J connectivity index is 2.36. The molecule has 0 unspecified atom stereocenters. The third-order valence-electron chi connectivity index (χ3n) is 2.68. The summed E-state index contributed by atoms with van der Waals surface area (Å²) >= 11 is 6.60. The summed E-state index contributed by atoms with van der Waals surface area (Å²) < 4.78 is 6.84. The number of ether oxygens (including phenoxy) is 1. The molecule has 0 fully saturated rings. The summed E-state index contributed by atoms with van der Waals surface area (Å²) in [5, 5.41) is 10.8. The van der Waals surface area contributed by atoms with Gasteiger partial charge >= 0.3 is 0 Å². The van der Waals surface area contributed by atoms with Gasteiger partial charge in [0.1, 0.15) is 11.5 Å². The van der Waals surface area contributed by atoms with Crippen molar-refractivity contribution >= 4 is 43.3 Å². The van der Waals surface area contributed by atoms with E-state index in [1.165, 1.54) is 19.1 Å². The number of rotatable bonds is 4. The van der Waals surface area contributed by atoms with E-state index in [1.54, 1.807) is 24.3 Å². The first-order valence-corrected chi connectivity index (χ1v) is 7.39. The Hall–Kier alpha value is -1.73. The summed E-state index contributed by atoms with van der Waals surface area (Å²) in [6.07, 6.45) is 0. The molecule has 7 heteroatoms. The molecule has 0 atom stereocenters. The summed E-state index contributed by atoms with van der Waals surface area (Å²) in [5.74, 6) is 0.723. The molecule has 2 aromatic carbocycles. The molecule has 0 amide bonds. The zero-order valence-electron chi connectivity index (χ0n) is 10.8. The molecule has 0 saturated carbocycles. The third kappa shape index (κ3) is 3.68. The number of ketones is 1. The summed E-state index contributed by atoms with van der Waals surface area (Å²) in [4.78, 5) is 21.6. The number of carbonyl (C=O) groups is 1. The maximum Gasteiger partial charge on any atom is 0.273 e. The lowest BCUT2D eigenvalue weighted by atomic mass is 10.1. The van der Waals surface area contributed by atoms with E-state index in [0.29, 0.717) is 26.0 Å². The lowest BCUT2D eigenvalue weighted by Gasteiger charge is -2.10. The van der Waals surface area contributed by atoms with E-state index in [1.807, 2.05) is 0 Å². The molecule has 21 heavy (non-hydrogen) atoms. The maximum absolute atomic E-state index is 11.3. The monoisotopic (exact) mass is 413 g/mol. The zero-order valence-corrected chi connectivity index (χ0v) is 14.0. The van der Waals surface area contributed by atoms with Crippen molar-refractivity contribution < 1.29 is 14.5 Å². The number of nitrogens with zero attached hydrogens (tertiary/aromatic N) is 1. The minimum Gasteiger partial charge on any atom is -0.455 e. The lowest BCUT2D eigenvalue weighted by molar-refractivity contribution is -0.384. The van der Waals surface area contributed by atoms with E-state index in [0.717, 1.165) is 0 Å². The lowest BCUT2D eigenvalue weighted by Crippen LogP contribution is -1.94. The maximum atomic E-state index is 11.3. The molecule has 0 aliphatic rings. The number of non-ortho nitro benzene ring substituents is 1. The number of Topliss-reactive ketones (excluding diaryl/α,β-unsaturated/α-hetero) is 1. The van der Waals surface area contributed by atoms with Crippen LogP contribution in [0.1, 0.15) is 17.3 Å². The van der Waals surface area contributed by atoms with Crippen LogP contribution in [0.3, 0.4) is 0 Å². The van der Waals surface area contributed by atoms with Crippen LogP contribution < -0.4 is 4.74 Å². The molecule has 2 aromatic rings. The fraction of sp³-hybridized carbons (Fsp3) is 0.0714. The van der Waals surface area contributed by atoms with Gasteiger partial charge in [0, 0.05) is 11.6 Å². The molecule has 0 aromatic heterocycles. The Morgan fingerprint density at radius 3 is 2.38 bits per heavy atom. The van der Waals surface area contributed by atoms with E-state index in [4.69, 9.17) is 4.74 Å². The van der Waals surface area contributed by atoms with E-state index in [2.05, 4.69) is 31.9 Å². The Morgan fingerprint density at radius 2 is 1.81 bits per heavy atom. The molecular formula is C14H9Br2NO4. The number of hydrogen-bond donors (Lipinski definition) is 0. The number of nitro benzene ring substituents is 1. The normalized spacial score (nSPS) is 10.2. The van der Waals surface area contributed by atoms with Crippen LogP contribution in [0, 0.1) is 10.1 Å². The second kappa shape index (κ2) is 6.36. The van der Waals surface area contributed by atoms with Gasteiger partial charge in [-0.2, -0.15) is 0 Å². The van der Waals surface area contributed by atoms with Crippen LogP contribution in [0.4, 0.5) is 5.69 Å². The Bertz CT molecular complexity index is 731. The average molecular weight is 415 g/mol. The van der Waals surface area contributed by atoms with Gasteiger partial charge in [0.05, 0.1) is 19.9 Å². The fourth-order valence-corrected chi connectivity index (χ4v) is 2.39. The first kappa shape index (κ1) is 15.7. The molecule has 0 bridgehead atoms. The molecule has 0 heterocycles. The molecule has 0 aliphatic heterocycles. The highest BCUT2D eigenvalue weighted by atomic mass is 79.9. The van der Waals surface area contributed by atoms with Gasteiger partial charge < -0.3 is 4.74 Å². The second-order valence-corrected chi connectivity index (χ2v) is 5.88. The van der Waals surface area contributed by atoms with Crippen molar-refractivity contribution in [2.24, 2.45) is 0 Å². The van der Waals surface area contributed by atoms with E-state index >= 15 is 0 Å². The Labute approximate surface area is 137 Å². The standard InChI is InChI=1S/C14H9Br2NO4/c1-8(18)9-2-5-13(12(16)6-9)21-14-7-10(17(19)20)3-4-11(14)15/h2-7H,1H3. The van der Waals surface area contributed by atoms with Crippen LogP contribution in [0.25, 0.3) is 0 Å².